The molecule has 0 aliphatic carbocycles. The van der Waals surface area contributed by atoms with Crippen LogP contribution in [-0.4, -0.2) is 24.0 Å². The van der Waals surface area contributed by atoms with Gasteiger partial charge in [-0.3, -0.25) is 4.79 Å². The van der Waals surface area contributed by atoms with Crippen LogP contribution in [0.5, 0.6) is 5.75 Å². The Kier molecular flexibility index (Phi) is 5.19. The fourth-order valence-corrected chi connectivity index (χ4v) is 3.54. The molecule has 1 aliphatic rings. The summed E-state index contributed by atoms with van der Waals surface area (Å²) in [7, 11) is 0. The van der Waals surface area contributed by atoms with E-state index in [2.05, 4.69) is 15.9 Å². The standard InChI is InChI=1S/C19H19BrFNO2/c1-2-24-15-8-5-13(6-9-15)18-4-3-11-22(18)19(23)16-12-14(21)7-10-17(16)20/h5-10,12,18H,2-4,11H2,1H3/t18-/m1/s1. The highest BCUT2D eigenvalue weighted by Crippen LogP contribution is 2.35. The highest BCUT2D eigenvalue weighted by molar-refractivity contribution is 9.10. The van der Waals surface area contributed by atoms with E-state index in [1.807, 2.05) is 36.1 Å². The number of hydrogen-bond donors (Lipinski definition) is 0. The quantitative estimate of drug-likeness (QED) is 0.736. The Hall–Kier alpha value is -1.88. The first-order valence-electron chi connectivity index (χ1n) is 8.09. The molecule has 2 aromatic rings. The summed E-state index contributed by atoms with van der Waals surface area (Å²) in [4.78, 5) is 14.7. The molecule has 24 heavy (non-hydrogen) atoms. The van der Waals surface area contributed by atoms with Crippen LogP contribution in [0.3, 0.4) is 0 Å². The Morgan fingerprint density at radius 2 is 2.04 bits per heavy atom. The topological polar surface area (TPSA) is 29.5 Å². The average Bonchev–Trinajstić information content (AvgIpc) is 3.07. The zero-order chi connectivity index (χ0) is 17.1. The van der Waals surface area contributed by atoms with E-state index >= 15 is 0 Å². The van der Waals surface area contributed by atoms with Crippen molar-refractivity contribution in [1.29, 1.82) is 0 Å². The van der Waals surface area contributed by atoms with Crippen molar-refractivity contribution >= 4 is 21.8 Å². The Balaban J connectivity index is 1.84. The van der Waals surface area contributed by atoms with Crippen LogP contribution in [0.1, 0.15) is 41.7 Å². The van der Waals surface area contributed by atoms with Gasteiger partial charge in [-0.15, -0.1) is 0 Å². The summed E-state index contributed by atoms with van der Waals surface area (Å²) in [6.45, 7) is 3.25. The predicted molar refractivity (Wildman–Crippen MR) is 94.7 cm³/mol. The van der Waals surface area contributed by atoms with E-state index in [0.717, 1.165) is 24.2 Å². The smallest absolute Gasteiger partial charge is 0.255 e. The fourth-order valence-electron chi connectivity index (χ4n) is 3.13. The fraction of sp³-hybridized carbons (Fsp3) is 0.316. The molecule has 0 spiro atoms. The van der Waals surface area contributed by atoms with Crippen molar-refractivity contribution in [3.05, 3.63) is 63.9 Å². The second kappa shape index (κ2) is 7.34. The minimum Gasteiger partial charge on any atom is -0.494 e. The molecule has 0 saturated carbocycles. The highest BCUT2D eigenvalue weighted by atomic mass is 79.9. The van der Waals surface area contributed by atoms with Gasteiger partial charge in [0.1, 0.15) is 11.6 Å². The lowest BCUT2D eigenvalue weighted by Crippen LogP contribution is -2.30. The van der Waals surface area contributed by atoms with Gasteiger partial charge in [-0.25, -0.2) is 4.39 Å². The monoisotopic (exact) mass is 391 g/mol. The number of hydrogen-bond acceptors (Lipinski definition) is 2. The third kappa shape index (κ3) is 3.46. The zero-order valence-corrected chi connectivity index (χ0v) is 15.1. The third-order valence-corrected chi connectivity index (χ3v) is 4.94. The number of likely N-dealkylation sites (tertiary alicyclic amines) is 1. The maximum atomic E-state index is 13.5. The van der Waals surface area contributed by atoms with Crippen LogP contribution in [0.15, 0.2) is 46.9 Å². The molecule has 126 valence electrons. The molecule has 0 aromatic heterocycles. The molecule has 3 rings (SSSR count). The van der Waals surface area contributed by atoms with Gasteiger partial charge in [0.2, 0.25) is 0 Å². The molecule has 5 heteroatoms. The second-order valence-corrected chi connectivity index (χ2v) is 6.64. The Morgan fingerprint density at radius 3 is 2.75 bits per heavy atom. The minimum atomic E-state index is -0.404. The Bertz CT molecular complexity index is 733. The van der Waals surface area contributed by atoms with Crippen LogP contribution in [0.2, 0.25) is 0 Å². The molecule has 1 fully saturated rings. The normalized spacial score (nSPS) is 17.1. The molecule has 2 aromatic carbocycles. The lowest BCUT2D eigenvalue weighted by Gasteiger charge is -2.26. The van der Waals surface area contributed by atoms with Crippen molar-refractivity contribution in [2.24, 2.45) is 0 Å². The van der Waals surface area contributed by atoms with Crippen molar-refractivity contribution in [2.45, 2.75) is 25.8 Å². The second-order valence-electron chi connectivity index (χ2n) is 5.78. The third-order valence-electron chi connectivity index (χ3n) is 4.25. The molecule has 0 radical (unpaired) electrons. The maximum Gasteiger partial charge on any atom is 0.255 e. The van der Waals surface area contributed by atoms with Gasteiger partial charge in [0.15, 0.2) is 0 Å². The molecular weight excluding hydrogens is 373 g/mol. The Morgan fingerprint density at radius 1 is 1.29 bits per heavy atom. The summed E-state index contributed by atoms with van der Waals surface area (Å²) in [5.74, 6) is 0.279. The van der Waals surface area contributed by atoms with Gasteiger partial charge in [0, 0.05) is 11.0 Å². The molecule has 1 heterocycles. The number of carbonyl (C=O) groups is 1. The summed E-state index contributed by atoms with van der Waals surface area (Å²) in [5, 5.41) is 0. The number of nitrogens with zero attached hydrogens (tertiary/aromatic N) is 1. The van der Waals surface area contributed by atoms with E-state index < -0.39 is 5.82 Å². The number of amides is 1. The first-order valence-corrected chi connectivity index (χ1v) is 8.88. The van der Waals surface area contributed by atoms with E-state index in [0.29, 0.717) is 23.2 Å². The molecule has 1 amide bonds. The van der Waals surface area contributed by atoms with Crippen molar-refractivity contribution in [2.75, 3.05) is 13.2 Å². The van der Waals surface area contributed by atoms with Crippen LogP contribution in [0.25, 0.3) is 0 Å². The number of benzene rings is 2. The van der Waals surface area contributed by atoms with Gasteiger partial charge in [0.05, 0.1) is 18.2 Å². The van der Waals surface area contributed by atoms with Crippen LogP contribution in [0, 0.1) is 5.82 Å². The van der Waals surface area contributed by atoms with Crippen LogP contribution < -0.4 is 4.74 Å². The van der Waals surface area contributed by atoms with Gasteiger partial charge in [-0.2, -0.15) is 0 Å². The van der Waals surface area contributed by atoms with Crippen molar-refractivity contribution in [3.8, 4) is 5.75 Å². The average molecular weight is 392 g/mol. The van der Waals surface area contributed by atoms with Gasteiger partial charge in [-0.05, 0) is 71.6 Å². The van der Waals surface area contributed by atoms with Gasteiger partial charge in [0.25, 0.3) is 5.91 Å². The van der Waals surface area contributed by atoms with Gasteiger partial charge < -0.3 is 9.64 Å². The van der Waals surface area contributed by atoms with E-state index in [4.69, 9.17) is 4.74 Å². The maximum absolute atomic E-state index is 13.5. The molecule has 3 nitrogen and oxygen atoms in total. The molecular formula is C19H19BrFNO2. The molecule has 0 unspecified atom stereocenters. The molecule has 0 N–H and O–H groups in total. The minimum absolute atomic E-state index is 0.0170. The largest absolute Gasteiger partial charge is 0.494 e. The van der Waals surface area contributed by atoms with Gasteiger partial charge in [-0.1, -0.05) is 12.1 Å². The van der Waals surface area contributed by atoms with Crippen molar-refractivity contribution in [1.82, 2.24) is 4.90 Å². The molecule has 1 atom stereocenters. The first kappa shape index (κ1) is 17.0. The summed E-state index contributed by atoms with van der Waals surface area (Å²) in [6.07, 6.45) is 1.85. The summed E-state index contributed by atoms with van der Waals surface area (Å²) in [6, 6.07) is 12.1. The molecule has 1 saturated heterocycles. The number of halogens is 2. The van der Waals surface area contributed by atoms with Crippen molar-refractivity contribution in [3.63, 3.8) is 0 Å². The first-order chi connectivity index (χ1) is 11.6. The Labute approximate surface area is 149 Å². The summed E-state index contributed by atoms with van der Waals surface area (Å²) >= 11 is 3.35. The van der Waals surface area contributed by atoms with Gasteiger partial charge >= 0.3 is 0 Å². The van der Waals surface area contributed by atoms with Crippen LogP contribution in [-0.2, 0) is 0 Å². The molecule has 1 aliphatic heterocycles. The van der Waals surface area contributed by atoms with E-state index in [1.165, 1.54) is 12.1 Å². The van der Waals surface area contributed by atoms with E-state index in [9.17, 15) is 9.18 Å². The van der Waals surface area contributed by atoms with Crippen molar-refractivity contribution < 1.29 is 13.9 Å². The summed E-state index contributed by atoms with van der Waals surface area (Å²) < 4.78 is 19.6. The SMILES string of the molecule is CCOc1ccc([C@H]2CCCN2C(=O)c2cc(F)ccc2Br)cc1. The summed E-state index contributed by atoms with van der Waals surface area (Å²) in [5.41, 5.74) is 1.45. The van der Waals surface area contributed by atoms with Crippen LogP contribution in [0.4, 0.5) is 4.39 Å². The molecule has 0 bridgehead atoms. The number of ether oxygens (including phenoxy) is 1. The van der Waals surface area contributed by atoms with E-state index in [-0.39, 0.29) is 11.9 Å². The predicted octanol–water partition coefficient (Wildman–Crippen LogP) is 4.96. The van der Waals surface area contributed by atoms with Crippen LogP contribution >= 0.6 is 15.9 Å². The lowest BCUT2D eigenvalue weighted by atomic mass is 10.0. The lowest BCUT2D eigenvalue weighted by molar-refractivity contribution is 0.0734. The zero-order valence-electron chi connectivity index (χ0n) is 13.5. The van der Waals surface area contributed by atoms with E-state index in [1.54, 1.807) is 6.07 Å². The number of carbonyl (C=O) groups excluding carboxylic acids is 1. The highest BCUT2D eigenvalue weighted by Gasteiger charge is 2.31. The number of rotatable bonds is 4.